The van der Waals surface area contributed by atoms with Crippen molar-refractivity contribution < 1.29 is 18.0 Å². The molecule has 1 aromatic carbocycles. The van der Waals surface area contributed by atoms with Crippen LogP contribution in [0.5, 0.6) is 0 Å². The van der Waals surface area contributed by atoms with E-state index in [-0.39, 0.29) is 12.0 Å². The molecule has 0 bridgehead atoms. The van der Waals surface area contributed by atoms with E-state index in [1.54, 1.807) is 6.07 Å². The summed E-state index contributed by atoms with van der Waals surface area (Å²) in [7, 11) is 0. The molecule has 2 N–H and O–H groups in total. The molecular weight excluding hydrogens is 269 g/mol. The van der Waals surface area contributed by atoms with Crippen LogP contribution in [0.15, 0.2) is 42.6 Å². The fourth-order valence-electron chi connectivity index (χ4n) is 1.79. The van der Waals surface area contributed by atoms with Crippen LogP contribution in [0.2, 0.25) is 0 Å². The van der Waals surface area contributed by atoms with Gasteiger partial charge in [0.2, 0.25) is 5.91 Å². The summed E-state index contributed by atoms with van der Waals surface area (Å²) in [5, 5.41) is 0. The van der Waals surface area contributed by atoms with Crippen molar-refractivity contribution in [2.45, 2.75) is 12.6 Å². The maximum absolute atomic E-state index is 12.6. The van der Waals surface area contributed by atoms with Crippen LogP contribution >= 0.6 is 0 Å². The molecule has 6 heteroatoms. The molecule has 0 aliphatic carbocycles. The number of halogens is 3. The summed E-state index contributed by atoms with van der Waals surface area (Å²) in [6, 6.07) is 7.93. The molecule has 0 saturated heterocycles. The Balaban J connectivity index is 2.26. The Labute approximate surface area is 113 Å². The first-order valence-corrected chi connectivity index (χ1v) is 5.77. The number of alkyl halides is 3. The quantitative estimate of drug-likeness (QED) is 0.939. The lowest BCUT2D eigenvalue weighted by Crippen LogP contribution is -2.11. The second-order valence-electron chi connectivity index (χ2n) is 4.28. The van der Waals surface area contributed by atoms with Crippen LogP contribution in [0.3, 0.4) is 0 Å². The Morgan fingerprint density at radius 1 is 1.20 bits per heavy atom. The van der Waals surface area contributed by atoms with Crippen molar-refractivity contribution >= 4 is 5.91 Å². The first kappa shape index (κ1) is 14.0. The number of amides is 1. The van der Waals surface area contributed by atoms with Crippen molar-refractivity contribution in [1.29, 1.82) is 0 Å². The van der Waals surface area contributed by atoms with Gasteiger partial charge in [0, 0.05) is 23.9 Å². The number of hydrogen-bond donors (Lipinski definition) is 1. The van der Waals surface area contributed by atoms with Gasteiger partial charge in [0.05, 0.1) is 5.56 Å². The van der Waals surface area contributed by atoms with E-state index < -0.39 is 17.6 Å². The molecule has 1 aromatic heterocycles. The van der Waals surface area contributed by atoms with Crippen molar-refractivity contribution in [3.8, 4) is 0 Å². The zero-order valence-electron chi connectivity index (χ0n) is 10.3. The molecule has 0 aliphatic rings. The highest BCUT2D eigenvalue weighted by Gasteiger charge is 2.30. The van der Waals surface area contributed by atoms with Gasteiger partial charge in [-0.25, -0.2) is 0 Å². The molecular formula is C14H11F3N2O. The van der Waals surface area contributed by atoms with Crippen LogP contribution in [-0.4, -0.2) is 10.9 Å². The van der Waals surface area contributed by atoms with E-state index in [9.17, 15) is 18.0 Å². The smallest absolute Gasteiger partial charge is 0.366 e. The zero-order chi connectivity index (χ0) is 14.8. The number of hydrogen-bond acceptors (Lipinski definition) is 2. The molecule has 2 rings (SSSR count). The molecule has 0 atom stereocenters. The van der Waals surface area contributed by atoms with E-state index in [1.807, 2.05) is 0 Å². The summed E-state index contributed by atoms with van der Waals surface area (Å²) in [6.07, 6.45) is -2.77. The topological polar surface area (TPSA) is 56.0 Å². The summed E-state index contributed by atoms with van der Waals surface area (Å²) in [5.74, 6) is -0.599. The van der Waals surface area contributed by atoms with Gasteiger partial charge in [-0.15, -0.1) is 0 Å². The SMILES string of the molecule is NC(=O)c1ccnc(Cc2cccc(C(F)(F)F)c2)c1. The van der Waals surface area contributed by atoms with E-state index in [0.29, 0.717) is 11.3 Å². The average molecular weight is 280 g/mol. The lowest BCUT2D eigenvalue weighted by atomic mass is 10.0. The van der Waals surface area contributed by atoms with Crippen molar-refractivity contribution in [1.82, 2.24) is 4.98 Å². The number of nitrogens with zero attached hydrogens (tertiary/aromatic N) is 1. The van der Waals surface area contributed by atoms with Crippen LogP contribution < -0.4 is 5.73 Å². The average Bonchev–Trinajstić information content (AvgIpc) is 2.38. The molecule has 1 heterocycles. The van der Waals surface area contributed by atoms with Gasteiger partial charge in [0.15, 0.2) is 0 Å². The molecule has 0 saturated carbocycles. The molecule has 2 aromatic rings. The highest BCUT2D eigenvalue weighted by atomic mass is 19.4. The van der Waals surface area contributed by atoms with Crippen LogP contribution in [-0.2, 0) is 12.6 Å². The number of benzene rings is 1. The summed E-state index contributed by atoms with van der Waals surface area (Å²) in [6.45, 7) is 0. The molecule has 20 heavy (non-hydrogen) atoms. The number of aromatic nitrogens is 1. The van der Waals surface area contributed by atoms with Gasteiger partial charge < -0.3 is 5.73 Å². The number of pyridine rings is 1. The second kappa shape index (κ2) is 5.32. The molecule has 104 valence electrons. The van der Waals surface area contributed by atoms with Gasteiger partial charge >= 0.3 is 6.18 Å². The first-order chi connectivity index (χ1) is 9.36. The fourth-order valence-corrected chi connectivity index (χ4v) is 1.79. The molecule has 0 fully saturated rings. The third kappa shape index (κ3) is 3.34. The van der Waals surface area contributed by atoms with E-state index in [0.717, 1.165) is 12.1 Å². The lowest BCUT2D eigenvalue weighted by Gasteiger charge is -2.08. The number of carbonyl (C=O) groups is 1. The van der Waals surface area contributed by atoms with Gasteiger partial charge in [0.25, 0.3) is 0 Å². The normalized spacial score (nSPS) is 11.3. The van der Waals surface area contributed by atoms with E-state index in [2.05, 4.69) is 4.98 Å². The van der Waals surface area contributed by atoms with Crippen LogP contribution in [0.1, 0.15) is 27.2 Å². The molecule has 0 unspecified atom stereocenters. The minimum atomic E-state index is -4.38. The van der Waals surface area contributed by atoms with Gasteiger partial charge in [-0.3, -0.25) is 9.78 Å². The predicted octanol–water partition coefficient (Wildman–Crippen LogP) is 2.79. The summed E-state index contributed by atoms with van der Waals surface area (Å²) in [5.41, 5.74) is 5.67. The van der Waals surface area contributed by atoms with E-state index in [1.165, 1.54) is 24.4 Å². The van der Waals surface area contributed by atoms with Crippen molar-refractivity contribution in [2.24, 2.45) is 5.73 Å². The lowest BCUT2D eigenvalue weighted by molar-refractivity contribution is -0.137. The summed E-state index contributed by atoms with van der Waals surface area (Å²) >= 11 is 0. The summed E-state index contributed by atoms with van der Waals surface area (Å²) < 4.78 is 37.8. The van der Waals surface area contributed by atoms with Gasteiger partial charge in [-0.2, -0.15) is 13.2 Å². The van der Waals surface area contributed by atoms with Gasteiger partial charge in [-0.05, 0) is 23.8 Å². The Hall–Kier alpha value is -2.37. The molecule has 0 radical (unpaired) electrons. The van der Waals surface area contributed by atoms with Gasteiger partial charge in [0.1, 0.15) is 0 Å². The molecule has 1 amide bonds. The van der Waals surface area contributed by atoms with Crippen molar-refractivity contribution in [3.05, 3.63) is 65.0 Å². The van der Waals surface area contributed by atoms with Crippen LogP contribution in [0.25, 0.3) is 0 Å². The van der Waals surface area contributed by atoms with E-state index in [4.69, 9.17) is 5.73 Å². The Morgan fingerprint density at radius 3 is 2.60 bits per heavy atom. The molecule has 3 nitrogen and oxygen atoms in total. The van der Waals surface area contributed by atoms with Crippen molar-refractivity contribution in [3.63, 3.8) is 0 Å². The van der Waals surface area contributed by atoms with E-state index >= 15 is 0 Å². The number of primary amides is 1. The molecule has 0 spiro atoms. The highest BCUT2D eigenvalue weighted by molar-refractivity contribution is 5.92. The fraction of sp³-hybridized carbons (Fsp3) is 0.143. The maximum Gasteiger partial charge on any atom is 0.416 e. The third-order valence-electron chi connectivity index (χ3n) is 2.74. The number of carbonyl (C=O) groups excluding carboxylic acids is 1. The van der Waals surface area contributed by atoms with Crippen LogP contribution in [0.4, 0.5) is 13.2 Å². The Kier molecular flexibility index (Phi) is 3.74. The summed E-state index contributed by atoms with van der Waals surface area (Å²) in [4.78, 5) is 15.1. The number of rotatable bonds is 3. The Bertz CT molecular complexity index is 638. The minimum Gasteiger partial charge on any atom is -0.366 e. The van der Waals surface area contributed by atoms with Gasteiger partial charge in [-0.1, -0.05) is 18.2 Å². The largest absolute Gasteiger partial charge is 0.416 e. The first-order valence-electron chi connectivity index (χ1n) is 5.77. The van der Waals surface area contributed by atoms with Crippen LogP contribution in [0, 0.1) is 0 Å². The standard InChI is InChI=1S/C14H11F3N2O/c15-14(16,17)11-3-1-2-9(6-11)7-12-8-10(13(18)20)4-5-19-12/h1-6,8H,7H2,(H2,18,20). The minimum absolute atomic E-state index is 0.199. The van der Waals surface area contributed by atoms with Crippen molar-refractivity contribution in [2.75, 3.05) is 0 Å². The zero-order valence-corrected chi connectivity index (χ0v) is 10.3. The number of nitrogens with two attached hydrogens (primary N) is 1. The maximum atomic E-state index is 12.6. The highest BCUT2D eigenvalue weighted by Crippen LogP contribution is 2.29. The molecule has 0 aliphatic heterocycles. The second-order valence-corrected chi connectivity index (χ2v) is 4.28. The predicted molar refractivity (Wildman–Crippen MR) is 67.0 cm³/mol. The monoisotopic (exact) mass is 280 g/mol. The Morgan fingerprint density at radius 2 is 1.95 bits per heavy atom. The third-order valence-corrected chi connectivity index (χ3v) is 2.74.